The largest absolute Gasteiger partial charge is 0.339 e. The van der Waals surface area contributed by atoms with E-state index < -0.39 is 0 Å². The highest BCUT2D eigenvalue weighted by molar-refractivity contribution is 6.30. The van der Waals surface area contributed by atoms with Gasteiger partial charge < -0.3 is 9.05 Å². The van der Waals surface area contributed by atoms with E-state index in [-0.39, 0.29) is 0 Å². The molecule has 1 saturated carbocycles. The van der Waals surface area contributed by atoms with Crippen molar-refractivity contribution in [2.45, 2.75) is 52.0 Å². The predicted molar refractivity (Wildman–Crippen MR) is 112 cm³/mol. The Balaban J connectivity index is 1.17. The lowest BCUT2D eigenvalue weighted by Gasteiger charge is -2.31. The minimum Gasteiger partial charge on any atom is -0.339 e. The summed E-state index contributed by atoms with van der Waals surface area (Å²) in [5.74, 6) is 3.79. The van der Waals surface area contributed by atoms with Gasteiger partial charge in [-0.15, -0.1) is 0 Å². The number of benzene rings is 1. The van der Waals surface area contributed by atoms with Gasteiger partial charge in [-0.3, -0.25) is 4.90 Å². The summed E-state index contributed by atoms with van der Waals surface area (Å²) in [5, 5.41) is 8.95. The zero-order valence-electron chi connectivity index (χ0n) is 17.3. The van der Waals surface area contributed by atoms with Gasteiger partial charge >= 0.3 is 0 Å². The van der Waals surface area contributed by atoms with Crippen LogP contribution in [0.4, 0.5) is 0 Å². The Morgan fingerprint density at radius 3 is 2.77 bits per heavy atom. The molecule has 0 radical (unpaired) electrons. The van der Waals surface area contributed by atoms with E-state index in [2.05, 4.69) is 39.0 Å². The molecule has 30 heavy (non-hydrogen) atoms. The van der Waals surface area contributed by atoms with Crippen molar-refractivity contribution < 1.29 is 9.05 Å². The Bertz CT molecular complexity index is 1020. The van der Waals surface area contributed by atoms with Crippen LogP contribution in [0.25, 0.3) is 11.4 Å². The maximum absolute atomic E-state index is 6.08. The van der Waals surface area contributed by atoms with Gasteiger partial charge in [0.25, 0.3) is 0 Å². The molecule has 1 unspecified atom stereocenters. The molecule has 1 spiro atoms. The zero-order valence-corrected chi connectivity index (χ0v) is 18.1. The molecule has 0 N–H and O–H groups in total. The normalized spacial score (nSPS) is 20.9. The number of likely N-dealkylation sites (tertiary alicyclic amines) is 1. The van der Waals surface area contributed by atoms with Crippen molar-refractivity contribution in [2.24, 2.45) is 11.3 Å². The van der Waals surface area contributed by atoms with Crippen LogP contribution in [-0.4, -0.2) is 38.3 Å². The maximum atomic E-state index is 6.08. The van der Waals surface area contributed by atoms with Gasteiger partial charge in [-0.1, -0.05) is 47.9 Å². The Hall–Kier alpha value is -2.25. The molecule has 2 fully saturated rings. The van der Waals surface area contributed by atoms with E-state index >= 15 is 0 Å². The van der Waals surface area contributed by atoms with Crippen molar-refractivity contribution in [2.75, 3.05) is 13.1 Å². The van der Waals surface area contributed by atoms with Crippen molar-refractivity contribution in [3.8, 4) is 11.4 Å². The summed E-state index contributed by atoms with van der Waals surface area (Å²) < 4.78 is 11.1. The van der Waals surface area contributed by atoms with E-state index in [1.807, 2.05) is 24.3 Å². The first kappa shape index (κ1) is 19.7. The first-order valence-corrected chi connectivity index (χ1v) is 11.0. The lowest BCUT2D eigenvalue weighted by atomic mass is 9.91. The van der Waals surface area contributed by atoms with Crippen molar-refractivity contribution in [3.05, 3.63) is 46.9 Å². The second kappa shape index (κ2) is 7.78. The van der Waals surface area contributed by atoms with E-state index in [9.17, 15) is 0 Å². The van der Waals surface area contributed by atoms with Crippen molar-refractivity contribution in [1.82, 2.24) is 25.2 Å². The van der Waals surface area contributed by atoms with Crippen LogP contribution >= 0.6 is 11.6 Å². The molecule has 1 aliphatic carbocycles. The van der Waals surface area contributed by atoms with Crippen molar-refractivity contribution in [1.29, 1.82) is 0 Å². The fourth-order valence-electron chi connectivity index (χ4n) is 4.52. The van der Waals surface area contributed by atoms with Gasteiger partial charge in [-0.2, -0.15) is 9.97 Å². The highest BCUT2D eigenvalue weighted by Crippen LogP contribution is 2.64. The first-order valence-electron chi connectivity index (χ1n) is 10.6. The molecule has 5 rings (SSSR count). The summed E-state index contributed by atoms with van der Waals surface area (Å²) in [5.41, 5.74) is 1.19. The second-order valence-corrected chi connectivity index (χ2v) is 9.50. The monoisotopic (exact) mass is 427 g/mol. The predicted octanol–water partition coefficient (Wildman–Crippen LogP) is 4.74. The molecule has 1 aliphatic heterocycles. The van der Waals surface area contributed by atoms with E-state index in [0.29, 0.717) is 28.1 Å². The van der Waals surface area contributed by atoms with Crippen LogP contribution in [0.3, 0.4) is 0 Å². The highest BCUT2D eigenvalue weighted by Gasteiger charge is 2.58. The summed E-state index contributed by atoms with van der Waals surface area (Å²) in [6, 6.07) is 7.56. The number of piperidine rings is 1. The smallest absolute Gasteiger partial charge is 0.240 e. The Morgan fingerprint density at radius 1 is 1.17 bits per heavy atom. The molecule has 2 aliphatic rings. The van der Waals surface area contributed by atoms with Crippen LogP contribution in [0, 0.1) is 11.3 Å². The van der Waals surface area contributed by atoms with Gasteiger partial charge in [-0.25, -0.2) is 0 Å². The summed E-state index contributed by atoms with van der Waals surface area (Å²) in [6.45, 7) is 7.09. The topological polar surface area (TPSA) is 81.1 Å². The van der Waals surface area contributed by atoms with Gasteiger partial charge in [-0.05, 0) is 55.8 Å². The zero-order chi connectivity index (χ0) is 20.7. The second-order valence-electron chi connectivity index (χ2n) is 9.06. The van der Waals surface area contributed by atoms with Gasteiger partial charge in [0.1, 0.15) is 0 Å². The van der Waals surface area contributed by atoms with E-state index in [1.54, 1.807) is 0 Å². The van der Waals surface area contributed by atoms with Crippen molar-refractivity contribution in [3.63, 3.8) is 0 Å². The van der Waals surface area contributed by atoms with Crippen LogP contribution in [-0.2, 0) is 13.0 Å². The number of rotatable bonds is 6. The van der Waals surface area contributed by atoms with Gasteiger partial charge in [0, 0.05) is 22.9 Å². The average Bonchev–Trinajstić information content (AvgIpc) is 3.07. The molecular formula is C22H26ClN5O2. The lowest BCUT2D eigenvalue weighted by Crippen LogP contribution is -2.34. The Kier molecular flexibility index (Phi) is 5.11. The third-order valence-corrected chi connectivity index (χ3v) is 6.56. The summed E-state index contributed by atoms with van der Waals surface area (Å²) >= 11 is 6.08. The Labute approximate surface area is 180 Å². The minimum atomic E-state index is 0.298. The number of hydrogen-bond acceptors (Lipinski definition) is 7. The number of aromatic nitrogens is 4. The number of hydrogen-bond donors (Lipinski definition) is 0. The molecule has 1 saturated heterocycles. The molecule has 3 heterocycles. The number of nitrogens with zero attached hydrogens (tertiary/aromatic N) is 5. The standard InChI is InChI=1S/C22H26ClN5O2/c1-14(2)10-18-24-19(29-26-18)13-28-8-6-22(7-9-28)12-17(22)21-25-20(27-30-21)15-4-3-5-16(23)11-15/h3-5,11,14,17H,6-10,12-13H2,1-2H3. The van der Waals surface area contributed by atoms with Gasteiger partial charge in [0.15, 0.2) is 5.82 Å². The van der Waals surface area contributed by atoms with Crippen LogP contribution < -0.4 is 0 Å². The van der Waals surface area contributed by atoms with E-state index in [4.69, 9.17) is 20.6 Å². The minimum absolute atomic E-state index is 0.298. The Morgan fingerprint density at radius 2 is 2.00 bits per heavy atom. The summed E-state index contributed by atoms with van der Waals surface area (Å²) in [4.78, 5) is 11.6. The fraction of sp³-hybridized carbons (Fsp3) is 0.545. The van der Waals surface area contributed by atoms with Crippen LogP contribution in [0.2, 0.25) is 5.02 Å². The first-order chi connectivity index (χ1) is 14.5. The summed E-state index contributed by atoms with van der Waals surface area (Å²) in [6.07, 6.45) is 4.23. The highest BCUT2D eigenvalue weighted by atomic mass is 35.5. The fourth-order valence-corrected chi connectivity index (χ4v) is 4.71. The number of halogens is 1. The third-order valence-electron chi connectivity index (χ3n) is 6.32. The van der Waals surface area contributed by atoms with Crippen LogP contribution in [0.1, 0.15) is 56.6 Å². The van der Waals surface area contributed by atoms with Crippen molar-refractivity contribution >= 4 is 11.6 Å². The molecule has 1 atom stereocenters. The van der Waals surface area contributed by atoms with Gasteiger partial charge in [0.2, 0.25) is 17.6 Å². The van der Waals surface area contributed by atoms with Crippen LogP contribution in [0.5, 0.6) is 0 Å². The molecule has 3 aromatic rings. The molecule has 8 heteroatoms. The third kappa shape index (κ3) is 4.01. The maximum Gasteiger partial charge on any atom is 0.240 e. The molecule has 7 nitrogen and oxygen atoms in total. The summed E-state index contributed by atoms with van der Waals surface area (Å²) in [7, 11) is 0. The van der Waals surface area contributed by atoms with E-state index in [0.717, 1.165) is 68.5 Å². The van der Waals surface area contributed by atoms with Crippen LogP contribution in [0.15, 0.2) is 33.3 Å². The molecule has 158 valence electrons. The average molecular weight is 428 g/mol. The lowest BCUT2D eigenvalue weighted by molar-refractivity contribution is 0.144. The molecule has 0 bridgehead atoms. The van der Waals surface area contributed by atoms with Gasteiger partial charge in [0.05, 0.1) is 6.54 Å². The molecular weight excluding hydrogens is 402 g/mol. The molecule has 0 amide bonds. The SMILES string of the molecule is CC(C)Cc1noc(CN2CCC3(CC2)CC3c2nc(-c3cccc(Cl)c3)no2)n1. The quantitative estimate of drug-likeness (QED) is 0.561. The molecule has 2 aromatic heterocycles. The van der Waals surface area contributed by atoms with E-state index in [1.165, 1.54) is 0 Å². The molecule has 1 aromatic carbocycles.